The predicted molar refractivity (Wildman–Crippen MR) is 35.2 cm³/mol. The van der Waals surface area contributed by atoms with Crippen LogP contribution >= 0.6 is 0 Å². The summed E-state index contributed by atoms with van der Waals surface area (Å²) in [5, 5.41) is 2.28. The lowest BCUT2D eigenvalue weighted by atomic mass is 10.6. The molecule has 0 aromatic heterocycles. The van der Waals surface area contributed by atoms with Gasteiger partial charge in [-0.2, -0.15) is 0 Å². The molecule has 4 heteroatoms. The molecule has 0 saturated carbocycles. The van der Waals surface area contributed by atoms with Crippen LogP contribution in [0.25, 0.3) is 0 Å². The number of hydrogen-bond acceptors (Lipinski definition) is 3. The molecular formula is C6H10NO3. The second kappa shape index (κ2) is 6.22. The minimum absolute atomic E-state index is 0.0121. The highest BCUT2D eigenvalue weighted by atomic mass is 16.5. The summed E-state index contributed by atoms with van der Waals surface area (Å²) < 4.78 is 4.75. The Hall–Kier alpha value is -0.900. The average Bonchev–Trinajstić information content (AvgIpc) is 1.97. The summed E-state index contributed by atoms with van der Waals surface area (Å²) in [7, 11) is 0. The molecule has 1 amide bonds. The molecule has 0 atom stereocenters. The predicted octanol–water partition coefficient (Wildman–Crippen LogP) is -0.751. The van der Waals surface area contributed by atoms with E-state index in [2.05, 4.69) is 5.32 Å². The third-order valence-electron chi connectivity index (χ3n) is 0.795. The monoisotopic (exact) mass is 144 g/mol. The zero-order valence-corrected chi connectivity index (χ0v) is 5.85. The van der Waals surface area contributed by atoms with Crippen LogP contribution < -0.4 is 5.32 Å². The van der Waals surface area contributed by atoms with E-state index in [-0.39, 0.29) is 19.1 Å². The van der Waals surface area contributed by atoms with Gasteiger partial charge in [-0.1, -0.05) is 0 Å². The summed E-state index contributed by atoms with van der Waals surface area (Å²) in [4.78, 5) is 20.1. The molecule has 0 bridgehead atoms. The fourth-order valence-electron chi connectivity index (χ4n) is 0.380. The topological polar surface area (TPSA) is 55.4 Å². The van der Waals surface area contributed by atoms with Crippen molar-refractivity contribution in [2.24, 2.45) is 0 Å². The van der Waals surface area contributed by atoms with E-state index in [1.165, 1.54) is 6.29 Å². The quantitative estimate of drug-likeness (QED) is 0.552. The molecule has 0 aliphatic heterocycles. The SMILES string of the molecule is CCOCC(=O)NC[C]=O. The van der Waals surface area contributed by atoms with E-state index >= 15 is 0 Å². The molecular weight excluding hydrogens is 134 g/mol. The van der Waals surface area contributed by atoms with Gasteiger partial charge in [0.25, 0.3) is 0 Å². The molecule has 0 aliphatic rings. The number of carbonyl (C=O) groups is 1. The molecule has 4 nitrogen and oxygen atoms in total. The standard InChI is InChI=1S/C6H10NO3/c1-2-10-5-6(9)7-3-4-8/h2-3,5H2,1H3,(H,7,9). The number of rotatable bonds is 5. The molecule has 10 heavy (non-hydrogen) atoms. The minimum Gasteiger partial charge on any atom is -0.372 e. The summed E-state index contributed by atoms with van der Waals surface area (Å²) in [5.74, 6) is -0.287. The lowest BCUT2D eigenvalue weighted by Crippen LogP contribution is -2.28. The van der Waals surface area contributed by atoms with Gasteiger partial charge in [0.1, 0.15) is 6.61 Å². The van der Waals surface area contributed by atoms with Gasteiger partial charge >= 0.3 is 0 Å². The molecule has 0 spiro atoms. The smallest absolute Gasteiger partial charge is 0.246 e. The van der Waals surface area contributed by atoms with Crippen LogP contribution in [0, 0.1) is 0 Å². The van der Waals surface area contributed by atoms with Crippen LogP contribution in [0.4, 0.5) is 0 Å². The van der Waals surface area contributed by atoms with Crippen molar-refractivity contribution in [1.29, 1.82) is 0 Å². The summed E-state index contributed by atoms with van der Waals surface area (Å²) >= 11 is 0. The Balaban J connectivity index is 3.16. The number of nitrogens with one attached hydrogen (secondary N) is 1. The van der Waals surface area contributed by atoms with Crippen molar-refractivity contribution in [2.45, 2.75) is 6.92 Å². The molecule has 0 rings (SSSR count). The maximum atomic E-state index is 10.5. The van der Waals surface area contributed by atoms with Gasteiger partial charge in [0, 0.05) is 6.61 Å². The van der Waals surface area contributed by atoms with Crippen molar-refractivity contribution >= 4 is 12.2 Å². The molecule has 1 radical (unpaired) electrons. The van der Waals surface area contributed by atoms with Crippen LogP contribution in [-0.4, -0.2) is 32.0 Å². The molecule has 0 fully saturated rings. The van der Waals surface area contributed by atoms with Gasteiger partial charge in [0.05, 0.1) is 6.54 Å². The van der Waals surface area contributed by atoms with Crippen LogP contribution in [0.5, 0.6) is 0 Å². The number of hydrogen-bond donors (Lipinski definition) is 1. The lowest BCUT2D eigenvalue weighted by molar-refractivity contribution is -0.125. The normalized spacial score (nSPS) is 8.90. The Labute approximate surface area is 59.6 Å². The Kier molecular flexibility index (Phi) is 5.66. The van der Waals surface area contributed by atoms with Crippen molar-refractivity contribution in [1.82, 2.24) is 5.32 Å². The van der Waals surface area contributed by atoms with Gasteiger partial charge in [0.15, 0.2) is 0 Å². The fourth-order valence-corrected chi connectivity index (χ4v) is 0.380. The summed E-state index contributed by atoms with van der Waals surface area (Å²) in [5.41, 5.74) is 0. The van der Waals surface area contributed by atoms with Gasteiger partial charge < -0.3 is 10.1 Å². The molecule has 0 aromatic carbocycles. The molecule has 0 aliphatic carbocycles. The van der Waals surface area contributed by atoms with Crippen LogP contribution in [0.3, 0.4) is 0 Å². The molecule has 57 valence electrons. The van der Waals surface area contributed by atoms with Gasteiger partial charge in [0.2, 0.25) is 12.2 Å². The number of carbonyl (C=O) groups excluding carboxylic acids is 2. The summed E-state index contributed by atoms with van der Waals surface area (Å²) in [6.45, 7) is 2.24. The number of amides is 1. The molecule has 0 heterocycles. The first kappa shape index (κ1) is 9.10. The van der Waals surface area contributed by atoms with Crippen LogP contribution in [0.15, 0.2) is 0 Å². The van der Waals surface area contributed by atoms with E-state index in [9.17, 15) is 9.59 Å². The maximum Gasteiger partial charge on any atom is 0.246 e. The van der Waals surface area contributed by atoms with Crippen molar-refractivity contribution in [3.05, 3.63) is 0 Å². The number of ether oxygens (including phenoxy) is 1. The molecule has 0 saturated heterocycles. The first-order chi connectivity index (χ1) is 4.81. The van der Waals surface area contributed by atoms with Crippen molar-refractivity contribution in [2.75, 3.05) is 19.8 Å². The fraction of sp³-hybridized carbons (Fsp3) is 0.667. The average molecular weight is 144 g/mol. The van der Waals surface area contributed by atoms with Gasteiger partial charge in [-0.25, -0.2) is 0 Å². The van der Waals surface area contributed by atoms with Crippen molar-refractivity contribution < 1.29 is 14.3 Å². The third-order valence-corrected chi connectivity index (χ3v) is 0.795. The van der Waals surface area contributed by atoms with E-state index in [4.69, 9.17) is 4.74 Å². The van der Waals surface area contributed by atoms with E-state index in [0.717, 1.165) is 0 Å². The first-order valence-electron chi connectivity index (χ1n) is 3.00. The van der Waals surface area contributed by atoms with Gasteiger partial charge in [-0.15, -0.1) is 0 Å². The van der Waals surface area contributed by atoms with Crippen LogP contribution in [-0.2, 0) is 14.3 Å². The van der Waals surface area contributed by atoms with Crippen molar-refractivity contribution in [3.63, 3.8) is 0 Å². The largest absolute Gasteiger partial charge is 0.372 e. The molecule has 1 N–H and O–H groups in total. The zero-order chi connectivity index (χ0) is 7.82. The Morgan fingerprint density at radius 2 is 2.40 bits per heavy atom. The van der Waals surface area contributed by atoms with E-state index in [0.29, 0.717) is 6.61 Å². The Morgan fingerprint density at radius 3 is 2.90 bits per heavy atom. The highest BCUT2D eigenvalue weighted by Crippen LogP contribution is 1.71. The highest BCUT2D eigenvalue weighted by molar-refractivity contribution is 5.79. The zero-order valence-electron chi connectivity index (χ0n) is 5.85. The van der Waals surface area contributed by atoms with E-state index < -0.39 is 0 Å². The summed E-state index contributed by atoms with van der Waals surface area (Å²) in [6.07, 6.45) is 1.54. The molecule has 0 unspecified atom stereocenters. The van der Waals surface area contributed by atoms with E-state index in [1.54, 1.807) is 6.92 Å². The van der Waals surface area contributed by atoms with Crippen LogP contribution in [0.1, 0.15) is 6.92 Å². The first-order valence-corrected chi connectivity index (χ1v) is 3.00. The van der Waals surface area contributed by atoms with Gasteiger partial charge in [-0.3, -0.25) is 9.59 Å². The van der Waals surface area contributed by atoms with E-state index in [1.807, 2.05) is 0 Å². The Morgan fingerprint density at radius 1 is 1.70 bits per heavy atom. The van der Waals surface area contributed by atoms with Crippen molar-refractivity contribution in [3.8, 4) is 0 Å². The Bertz CT molecular complexity index is 114. The lowest BCUT2D eigenvalue weighted by Gasteiger charge is -1.99. The van der Waals surface area contributed by atoms with Gasteiger partial charge in [-0.05, 0) is 6.92 Å². The maximum absolute atomic E-state index is 10.5. The van der Waals surface area contributed by atoms with Crippen LogP contribution in [0.2, 0.25) is 0 Å². The summed E-state index contributed by atoms with van der Waals surface area (Å²) in [6, 6.07) is 0. The minimum atomic E-state index is -0.287. The second-order valence-electron chi connectivity index (χ2n) is 1.56. The molecule has 0 aromatic rings. The highest BCUT2D eigenvalue weighted by Gasteiger charge is 1.97. The third kappa shape index (κ3) is 5.24. The second-order valence-corrected chi connectivity index (χ2v) is 1.56.